The molecule has 1 aromatic rings. The van der Waals surface area contributed by atoms with E-state index in [4.69, 9.17) is 4.74 Å². The van der Waals surface area contributed by atoms with Crippen LogP contribution in [0, 0.1) is 0 Å². The zero-order chi connectivity index (χ0) is 10.6. The molecule has 0 fully saturated rings. The van der Waals surface area contributed by atoms with Gasteiger partial charge in [-0.3, -0.25) is 0 Å². The molecular formula is C12H19NO. The molecule has 1 rings (SSSR count). The van der Waals surface area contributed by atoms with Gasteiger partial charge in [0, 0.05) is 6.54 Å². The van der Waals surface area contributed by atoms with Gasteiger partial charge in [0.05, 0.1) is 7.11 Å². The zero-order valence-electron chi connectivity index (χ0n) is 9.42. The summed E-state index contributed by atoms with van der Waals surface area (Å²) in [6.45, 7) is 5.24. The Bertz CT molecular complexity index is 294. The maximum Gasteiger partial charge on any atom is 0.122 e. The molecule has 1 N–H and O–H groups in total. The molecule has 0 unspecified atom stereocenters. The molecule has 0 aliphatic rings. The quantitative estimate of drug-likeness (QED) is 0.793. The van der Waals surface area contributed by atoms with Crippen molar-refractivity contribution in [3.8, 4) is 5.75 Å². The molecule has 0 saturated carbocycles. The fraction of sp³-hybridized carbons (Fsp3) is 0.500. The minimum absolute atomic E-state index is 0.508. The Morgan fingerprint density at radius 1 is 1.36 bits per heavy atom. The molecule has 0 spiro atoms. The fourth-order valence-corrected chi connectivity index (χ4v) is 1.55. The Balaban J connectivity index is 2.99. The minimum Gasteiger partial charge on any atom is -0.496 e. The number of ether oxygens (including phenoxy) is 1. The summed E-state index contributed by atoms with van der Waals surface area (Å²) in [6.07, 6.45) is 0. The third-order valence-electron chi connectivity index (χ3n) is 2.30. The van der Waals surface area contributed by atoms with Crippen LogP contribution in [0.4, 0.5) is 0 Å². The summed E-state index contributed by atoms with van der Waals surface area (Å²) < 4.78 is 5.37. The van der Waals surface area contributed by atoms with Crippen molar-refractivity contribution in [2.24, 2.45) is 0 Å². The maximum atomic E-state index is 5.37. The average Bonchev–Trinajstić information content (AvgIpc) is 2.17. The average molecular weight is 193 g/mol. The molecule has 0 aromatic heterocycles. The number of hydrogen-bond donors (Lipinski definition) is 1. The van der Waals surface area contributed by atoms with Crippen molar-refractivity contribution in [3.63, 3.8) is 0 Å². The molecule has 0 heterocycles. The van der Waals surface area contributed by atoms with Gasteiger partial charge < -0.3 is 10.1 Å². The molecule has 0 aliphatic carbocycles. The van der Waals surface area contributed by atoms with E-state index in [-0.39, 0.29) is 0 Å². The predicted molar refractivity (Wildman–Crippen MR) is 59.8 cm³/mol. The number of benzene rings is 1. The third-order valence-corrected chi connectivity index (χ3v) is 2.30. The van der Waals surface area contributed by atoms with Gasteiger partial charge in [0.15, 0.2) is 0 Å². The molecule has 0 radical (unpaired) electrons. The molecule has 0 aliphatic heterocycles. The van der Waals surface area contributed by atoms with Gasteiger partial charge in [-0.1, -0.05) is 26.0 Å². The van der Waals surface area contributed by atoms with Gasteiger partial charge in [-0.25, -0.2) is 0 Å². The van der Waals surface area contributed by atoms with E-state index in [0.29, 0.717) is 5.92 Å². The maximum absolute atomic E-state index is 5.37. The molecule has 14 heavy (non-hydrogen) atoms. The monoisotopic (exact) mass is 193 g/mol. The number of hydrogen-bond acceptors (Lipinski definition) is 2. The largest absolute Gasteiger partial charge is 0.496 e. The van der Waals surface area contributed by atoms with E-state index in [1.54, 1.807) is 7.11 Å². The summed E-state index contributed by atoms with van der Waals surface area (Å²) >= 11 is 0. The molecule has 78 valence electrons. The van der Waals surface area contributed by atoms with Gasteiger partial charge in [0.2, 0.25) is 0 Å². The lowest BCUT2D eigenvalue weighted by molar-refractivity contribution is 0.407. The van der Waals surface area contributed by atoms with Gasteiger partial charge in [-0.05, 0) is 30.2 Å². The van der Waals surface area contributed by atoms with E-state index in [0.717, 1.165) is 12.3 Å². The summed E-state index contributed by atoms with van der Waals surface area (Å²) in [7, 11) is 3.67. The highest BCUT2D eigenvalue weighted by atomic mass is 16.5. The van der Waals surface area contributed by atoms with E-state index in [9.17, 15) is 0 Å². The molecule has 0 bridgehead atoms. The first-order valence-electron chi connectivity index (χ1n) is 5.00. The van der Waals surface area contributed by atoms with Crippen molar-refractivity contribution in [2.45, 2.75) is 26.3 Å². The highest BCUT2D eigenvalue weighted by Gasteiger charge is 2.07. The molecule has 0 atom stereocenters. The Labute approximate surface area is 86.3 Å². The standard InChI is InChI=1S/C12H19NO/c1-9(2)11-6-5-10(8-13-3)7-12(11)14-4/h5-7,9,13H,8H2,1-4H3. The van der Waals surface area contributed by atoms with Crippen LogP contribution >= 0.6 is 0 Å². The second kappa shape index (κ2) is 5.01. The summed E-state index contributed by atoms with van der Waals surface area (Å²) in [6, 6.07) is 6.40. The highest BCUT2D eigenvalue weighted by molar-refractivity contribution is 5.39. The third kappa shape index (κ3) is 2.48. The fourth-order valence-electron chi connectivity index (χ4n) is 1.55. The molecule has 0 saturated heterocycles. The Hall–Kier alpha value is -1.02. The van der Waals surface area contributed by atoms with Gasteiger partial charge >= 0.3 is 0 Å². The van der Waals surface area contributed by atoms with Gasteiger partial charge in [0.1, 0.15) is 5.75 Å². The van der Waals surface area contributed by atoms with Crippen LogP contribution in [0.2, 0.25) is 0 Å². The second-order valence-corrected chi connectivity index (χ2v) is 3.76. The number of rotatable bonds is 4. The normalized spacial score (nSPS) is 10.6. The van der Waals surface area contributed by atoms with Crippen molar-refractivity contribution in [1.29, 1.82) is 0 Å². The summed E-state index contributed by atoms with van der Waals surface area (Å²) in [5, 5.41) is 3.13. The van der Waals surface area contributed by atoms with Crippen LogP contribution in [-0.2, 0) is 6.54 Å². The van der Waals surface area contributed by atoms with E-state index >= 15 is 0 Å². The van der Waals surface area contributed by atoms with Crippen LogP contribution in [0.1, 0.15) is 30.9 Å². The minimum atomic E-state index is 0.508. The lowest BCUT2D eigenvalue weighted by Crippen LogP contribution is -2.05. The summed E-state index contributed by atoms with van der Waals surface area (Å²) in [4.78, 5) is 0. The zero-order valence-corrected chi connectivity index (χ0v) is 9.42. The van der Waals surface area contributed by atoms with Crippen molar-refractivity contribution < 1.29 is 4.74 Å². The summed E-state index contributed by atoms with van der Waals surface area (Å²) in [5.41, 5.74) is 2.53. The van der Waals surface area contributed by atoms with Crippen LogP contribution in [0.15, 0.2) is 18.2 Å². The van der Waals surface area contributed by atoms with E-state index in [1.165, 1.54) is 11.1 Å². The van der Waals surface area contributed by atoms with Crippen molar-refractivity contribution in [1.82, 2.24) is 5.32 Å². The van der Waals surface area contributed by atoms with Gasteiger partial charge in [-0.2, -0.15) is 0 Å². The molecule has 0 amide bonds. The van der Waals surface area contributed by atoms with Crippen LogP contribution in [0.3, 0.4) is 0 Å². The van der Waals surface area contributed by atoms with Crippen LogP contribution in [0.25, 0.3) is 0 Å². The predicted octanol–water partition coefficient (Wildman–Crippen LogP) is 2.54. The van der Waals surface area contributed by atoms with E-state index in [1.807, 2.05) is 7.05 Å². The highest BCUT2D eigenvalue weighted by Crippen LogP contribution is 2.27. The van der Waals surface area contributed by atoms with Crippen LogP contribution in [0.5, 0.6) is 5.75 Å². The topological polar surface area (TPSA) is 21.3 Å². The lowest BCUT2D eigenvalue weighted by Gasteiger charge is -2.13. The van der Waals surface area contributed by atoms with E-state index < -0.39 is 0 Å². The Kier molecular flexibility index (Phi) is 3.96. The van der Waals surface area contributed by atoms with Crippen molar-refractivity contribution in [2.75, 3.05) is 14.2 Å². The smallest absolute Gasteiger partial charge is 0.122 e. The SMILES string of the molecule is CNCc1ccc(C(C)C)c(OC)c1. The van der Waals surface area contributed by atoms with Gasteiger partial charge in [-0.15, -0.1) is 0 Å². The van der Waals surface area contributed by atoms with Crippen molar-refractivity contribution >= 4 is 0 Å². The first-order chi connectivity index (χ1) is 6.69. The molecule has 2 heteroatoms. The van der Waals surface area contributed by atoms with Crippen LogP contribution in [-0.4, -0.2) is 14.2 Å². The molecule has 2 nitrogen and oxygen atoms in total. The van der Waals surface area contributed by atoms with Gasteiger partial charge in [0.25, 0.3) is 0 Å². The first-order valence-corrected chi connectivity index (χ1v) is 5.00. The Morgan fingerprint density at radius 2 is 2.07 bits per heavy atom. The summed E-state index contributed by atoms with van der Waals surface area (Å²) in [5.74, 6) is 1.50. The van der Waals surface area contributed by atoms with Crippen LogP contribution < -0.4 is 10.1 Å². The number of methoxy groups -OCH3 is 1. The molecular weight excluding hydrogens is 174 g/mol. The van der Waals surface area contributed by atoms with Crippen molar-refractivity contribution in [3.05, 3.63) is 29.3 Å². The first kappa shape index (κ1) is 11.1. The second-order valence-electron chi connectivity index (χ2n) is 3.76. The number of nitrogens with one attached hydrogen (secondary N) is 1. The Morgan fingerprint density at radius 3 is 2.57 bits per heavy atom. The lowest BCUT2D eigenvalue weighted by atomic mass is 10.0. The van der Waals surface area contributed by atoms with E-state index in [2.05, 4.69) is 37.4 Å². The molecule has 1 aromatic carbocycles.